The van der Waals surface area contributed by atoms with Crippen molar-refractivity contribution in [3.8, 4) is 0 Å². The van der Waals surface area contributed by atoms with Crippen LogP contribution in [-0.4, -0.2) is 9.66 Å². The van der Waals surface area contributed by atoms with Gasteiger partial charge in [-0.3, -0.25) is 0 Å². The van der Waals surface area contributed by atoms with E-state index in [0.717, 1.165) is 29.9 Å². The number of aryl methyl sites for hydroxylation is 1. The summed E-state index contributed by atoms with van der Waals surface area (Å²) >= 11 is 0. The molecule has 0 spiro atoms. The van der Waals surface area contributed by atoms with Gasteiger partial charge in [0.15, 0.2) is 0 Å². The average molecular weight is 260 g/mol. The maximum atomic E-state index is 5.96. The van der Waals surface area contributed by atoms with Crippen molar-refractivity contribution in [2.24, 2.45) is 23.2 Å². The molecule has 4 aliphatic rings. The van der Waals surface area contributed by atoms with Crippen LogP contribution in [0.3, 0.4) is 0 Å². The van der Waals surface area contributed by atoms with Crippen molar-refractivity contribution in [2.45, 2.75) is 51.4 Å². The minimum absolute atomic E-state index is 0.611. The van der Waals surface area contributed by atoms with Gasteiger partial charge in [-0.25, -0.2) is 9.66 Å². The summed E-state index contributed by atoms with van der Waals surface area (Å²) in [5.41, 5.74) is 7.56. The van der Waals surface area contributed by atoms with Crippen LogP contribution >= 0.6 is 0 Å². The molecule has 0 aromatic carbocycles. The summed E-state index contributed by atoms with van der Waals surface area (Å²) in [4.78, 5) is 4.35. The first-order valence-corrected chi connectivity index (χ1v) is 7.70. The highest BCUT2D eigenvalue weighted by molar-refractivity contribution is 5.36. The van der Waals surface area contributed by atoms with Gasteiger partial charge >= 0.3 is 0 Å². The van der Waals surface area contributed by atoms with Crippen LogP contribution in [0, 0.1) is 23.2 Å². The lowest BCUT2D eigenvalue weighted by Crippen LogP contribution is -2.46. The molecule has 0 radical (unpaired) electrons. The maximum absolute atomic E-state index is 5.96. The number of hydrogen-bond acceptors (Lipinski definition) is 3. The molecule has 4 bridgehead atoms. The number of rotatable bonds is 3. The minimum atomic E-state index is 0.611. The zero-order valence-electron chi connectivity index (χ0n) is 11.5. The third-order valence-corrected chi connectivity index (χ3v) is 5.97. The van der Waals surface area contributed by atoms with Gasteiger partial charge < -0.3 is 11.6 Å². The molecule has 0 amide bonds. The molecule has 0 atom stereocenters. The van der Waals surface area contributed by atoms with E-state index in [4.69, 9.17) is 11.6 Å². The highest BCUT2D eigenvalue weighted by atomic mass is 15.3. The van der Waals surface area contributed by atoms with Crippen molar-refractivity contribution >= 4 is 5.82 Å². The molecule has 19 heavy (non-hydrogen) atoms. The van der Waals surface area contributed by atoms with Crippen LogP contribution in [0.5, 0.6) is 0 Å². The lowest BCUT2D eigenvalue weighted by molar-refractivity contribution is -0.0570. The van der Waals surface area contributed by atoms with E-state index >= 15 is 0 Å². The number of aromatic nitrogens is 2. The molecular weight excluding hydrogens is 236 g/mol. The monoisotopic (exact) mass is 260 g/mol. The van der Waals surface area contributed by atoms with Crippen LogP contribution in [0.15, 0.2) is 6.33 Å². The van der Waals surface area contributed by atoms with Crippen LogP contribution in [0.1, 0.15) is 50.6 Å². The Labute approximate surface area is 114 Å². The molecule has 1 aromatic rings. The Bertz CT molecular complexity index is 455. The summed E-state index contributed by atoms with van der Waals surface area (Å²) in [6.07, 6.45) is 12.8. The molecule has 0 unspecified atom stereocenters. The summed E-state index contributed by atoms with van der Waals surface area (Å²) < 4.78 is 1.44. The third-order valence-electron chi connectivity index (χ3n) is 5.97. The predicted molar refractivity (Wildman–Crippen MR) is 75.7 cm³/mol. The Morgan fingerprint density at radius 3 is 2.21 bits per heavy atom. The van der Waals surface area contributed by atoms with Crippen LogP contribution < -0.4 is 11.6 Å². The molecule has 4 aliphatic carbocycles. The molecule has 1 heterocycles. The van der Waals surface area contributed by atoms with Gasteiger partial charge in [-0.15, -0.1) is 0 Å². The molecule has 0 aliphatic heterocycles. The Balaban J connectivity index is 1.49. The lowest BCUT2D eigenvalue weighted by atomic mass is 9.48. The number of hydrogen-bond donors (Lipinski definition) is 2. The van der Waals surface area contributed by atoms with Crippen LogP contribution in [-0.2, 0) is 6.42 Å². The second-order valence-electron chi connectivity index (χ2n) is 7.40. The van der Waals surface area contributed by atoms with Gasteiger partial charge in [-0.05, 0) is 74.5 Å². The molecule has 4 heteroatoms. The van der Waals surface area contributed by atoms with Crippen LogP contribution in [0.4, 0.5) is 5.82 Å². The van der Waals surface area contributed by atoms with Crippen molar-refractivity contribution in [3.05, 3.63) is 12.0 Å². The second-order valence-corrected chi connectivity index (χ2v) is 7.40. The van der Waals surface area contributed by atoms with Crippen molar-refractivity contribution < 1.29 is 0 Å². The number of imidazole rings is 1. The zero-order chi connectivity index (χ0) is 13.0. The summed E-state index contributed by atoms with van der Waals surface area (Å²) in [5, 5.41) is 0. The summed E-state index contributed by atoms with van der Waals surface area (Å²) in [7, 11) is 0. The Morgan fingerprint density at radius 2 is 1.74 bits per heavy atom. The van der Waals surface area contributed by atoms with Gasteiger partial charge in [-0.1, -0.05) is 0 Å². The molecule has 0 saturated heterocycles. The third kappa shape index (κ3) is 1.84. The fraction of sp³-hybridized carbons (Fsp3) is 0.800. The second kappa shape index (κ2) is 3.90. The lowest BCUT2D eigenvalue weighted by Gasteiger charge is -2.57. The van der Waals surface area contributed by atoms with E-state index in [9.17, 15) is 0 Å². The fourth-order valence-corrected chi connectivity index (χ4v) is 5.58. The molecule has 104 valence electrons. The normalized spacial score (nSPS) is 39.9. The molecule has 4 fully saturated rings. The number of nitrogen functional groups attached to an aromatic ring is 2. The van der Waals surface area contributed by atoms with E-state index in [2.05, 4.69) is 4.98 Å². The van der Waals surface area contributed by atoms with Crippen molar-refractivity contribution in [1.82, 2.24) is 9.66 Å². The standard InChI is InChI=1S/C15H24N4/c16-14-13(18-9-19(14)17)1-2-15-6-10-3-11(7-15)5-12(4-10)8-15/h9-12H,1-8,16-17H2. The Hall–Kier alpha value is -1.19. The topological polar surface area (TPSA) is 69.9 Å². The molecule has 4 saturated carbocycles. The number of nitrogens with two attached hydrogens (primary N) is 2. The zero-order valence-corrected chi connectivity index (χ0v) is 11.5. The smallest absolute Gasteiger partial charge is 0.145 e. The predicted octanol–water partition coefficient (Wildman–Crippen LogP) is 2.33. The molecule has 4 nitrogen and oxygen atoms in total. The van der Waals surface area contributed by atoms with Gasteiger partial charge in [-0.2, -0.15) is 0 Å². The van der Waals surface area contributed by atoms with Gasteiger partial charge in [0.2, 0.25) is 0 Å². The van der Waals surface area contributed by atoms with Crippen molar-refractivity contribution in [1.29, 1.82) is 0 Å². The maximum Gasteiger partial charge on any atom is 0.145 e. The molecule has 5 rings (SSSR count). The first-order valence-electron chi connectivity index (χ1n) is 7.70. The van der Waals surface area contributed by atoms with E-state index in [-0.39, 0.29) is 0 Å². The van der Waals surface area contributed by atoms with Gasteiger partial charge in [0.05, 0.1) is 5.69 Å². The van der Waals surface area contributed by atoms with E-state index < -0.39 is 0 Å². The molecule has 4 N–H and O–H groups in total. The van der Waals surface area contributed by atoms with E-state index in [0.29, 0.717) is 11.2 Å². The minimum Gasteiger partial charge on any atom is -0.382 e. The van der Waals surface area contributed by atoms with Crippen LogP contribution in [0.25, 0.3) is 0 Å². The fourth-order valence-electron chi connectivity index (χ4n) is 5.58. The van der Waals surface area contributed by atoms with Crippen molar-refractivity contribution in [2.75, 3.05) is 11.6 Å². The largest absolute Gasteiger partial charge is 0.382 e. The highest BCUT2D eigenvalue weighted by Gasteiger charge is 2.50. The average Bonchev–Trinajstić information content (AvgIpc) is 2.66. The summed E-state index contributed by atoms with van der Waals surface area (Å²) in [6, 6.07) is 0. The quantitative estimate of drug-likeness (QED) is 0.819. The van der Waals surface area contributed by atoms with Crippen molar-refractivity contribution in [3.63, 3.8) is 0 Å². The van der Waals surface area contributed by atoms with Crippen LogP contribution in [0.2, 0.25) is 0 Å². The first kappa shape index (κ1) is 11.6. The van der Waals surface area contributed by atoms with Gasteiger partial charge in [0.25, 0.3) is 0 Å². The van der Waals surface area contributed by atoms with E-state index in [1.54, 1.807) is 6.33 Å². The SMILES string of the molecule is Nc1c(CCC23CC4CC(CC(C4)C2)C3)ncn1N. The number of nitrogens with zero attached hydrogens (tertiary/aromatic N) is 2. The number of anilines is 1. The summed E-state index contributed by atoms with van der Waals surface area (Å²) in [5.74, 6) is 9.42. The Morgan fingerprint density at radius 1 is 1.16 bits per heavy atom. The first-order chi connectivity index (χ1) is 9.13. The van der Waals surface area contributed by atoms with Gasteiger partial charge in [0, 0.05) is 0 Å². The Kier molecular flexibility index (Phi) is 2.39. The highest BCUT2D eigenvalue weighted by Crippen LogP contribution is 2.61. The van der Waals surface area contributed by atoms with E-state index in [1.165, 1.54) is 49.6 Å². The molecule has 1 aromatic heterocycles. The van der Waals surface area contributed by atoms with Gasteiger partial charge in [0.1, 0.15) is 12.1 Å². The molecular formula is C15H24N4. The summed E-state index contributed by atoms with van der Waals surface area (Å²) in [6.45, 7) is 0. The van der Waals surface area contributed by atoms with E-state index in [1.807, 2.05) is 0 Å².